The molecule has 0 saturated heterocycles. The zero-order valence-electron chi connectivity index (χ0n) is 10.7. The van der Waals surface area contributed by atoms with Crippen LogP contribution in [0.3, 0.4) is 0 Å². The molecule has 0 radical (unpaired) electrons. The van der Waals surface area contributed by atoms with Gasteiger partial charge >= 0.3 is 5.97 Å². The lowest BCUT2D eigenvalue weighted by Gasteiger charge is -2.15. The summed E-state index contributed by atoms with van der Waals surface area (Å²) < 4.78 is 16.9. The van der Waals surface area contributed by atoms with Gasteiger partial charge in [-0.1, -0.05) is 31.7 Å². The molecule has 0 N–H and O–H groups in total. The van der Waals surface area contributed by atoms with Crippen molar-refractivity contribution in [2.75, 3.05) is 7.11 Å². The highest BCUT2D eigenvalue weighted by Gasteiger charge is 2.20. The van der Waals surface area contributed by atoms with E-state index in [2.05, 4.69) is 11.3 Å². The quantitative estimate of drug-likeness (QED) is 0.587. The topological polar surface area (TPSA) is 43.4 Å². The molecular formula is C14H18O3S. The number of benzene rings is 1. The van der Waals surface area contributed by atoms with Crippen LogP contribution in [0.1, 0.15) is 19.8 Å². The second-order valence-electron chi connectivity index (χ2n) is 3.94. The van der Waals surface area contributed by atoms with Crippen LogP contribution in [0.25, 0.3) is 0 Å². The van der Waals surface area contributed by atoms with Gasteiger partial charge in [-0.3, -0.25) is 4.21 Å². The first kappa shape index (κ1) is 14.6. The molecule has 0 saturated carbocycles. The van der Waals surface area contributed by atoms with Crippen molar-refractivity contribution in [3.05, 3.63) is 42.5 Å². The smallest absolute Gasteiger partial charge is 0.333 e. The predicted molar refractivity (Wildman–Crippen MR) is 72.7 cm³/mol. The van der Waals surface area contributed by atoms with Crippen molar-refractivity contribution in [1.29, 1.82) is 0 Å². The van der Waals surface area contributed by atoms with Crippen LogP contribution in [-0.4, -0.2) is 22.5 Å². The van der Waals surface area contributed by atoms with Gasteiger partial charge in [-0.15, -0.1) is 0 Å². The Balaban J connectivity index is 2.76. The van der Waals surface area contributed by atoms with Gasteiger partial charge in [-0.05, 0) is 25.0 Å². The van der Waals surface area contributed by atoms with Crippen LogP contribution in [0.4, 0.5) is 0 Å². The SMILES string of the molecule is C=C(C[C@H](CC)S(=O)c1ccccc1)C(=O)OC. The lowest BCUT2D eigenvalue weighted by atomic mass is 10.1. The number of hydrogen-bond acceptors (Lipinski definition) is 3. The molecule has 0 heterocycles. The monoisotopic (exact) mass is 266 g/mol. The third-order valence-corrected chi connectivity index (χ3v) is 4.52. The van der Waals surface area contributed by atoms with Gasteiger partial charge in [0.2, 0.25) is 0 Å². The zero-order chi connectivity index (χ0) is 13.5. The average Bonchev–Trinajstić information content (AvgIpc) is 2.43. The maximum absolute atomic E-state index is 12.3. The highest BCUT2D eigenvalue weighted by Crippen LogP contribution is 2.19. The van der Waals surface area contributed by atoms with Gasteiger partial charge in [0.1, 0.15) is 0 Å². The summed E-state index contributed by atoms with van der Waals surface area (Å²) in [7, 11) is 0.193. The van der Waals surface area contributed by atoms with Gasteiger partial charge in [0.15, 0.2) is 0 Å². The Hall–Kier alpha value is -1.42. The highest BCUT2D eigenvalue weighted by molar-refractivity contribution is 7.85. The van der Waals surface area contributed by atoms with E-state index in [4.69, 9.17) is 0 Å². The van der Waals surface area contributed by atoms with Gasteiger partial charge in [0.05, 0.1) is 17.9 Å². The van der Waals surface area contributed by atoms with Gasteiger partial charge in [0.25, 0.3) is 0 Å². The molecule has 0 aliphatic carbocycles. The molecule has 18 heavy (non-hydrogen) atoms. The van der Waals surface area contributed by atoms with Crippen molar-refractivity contribution >= 4 is 16.8 Å². The fourth-order valence-electron chi connectivity index (χ4n) is 1.62. The Kier molecular flexibility index (Phi) is 5.78. The second-order valence-corrected chi connectivity index (χ2v) is 5.67. The predicted octanol–water partition coefficient (Wildman–Crippen LogP) is 2.69. The van der Waals surface area contributed by atoms with Crippen LogP contribution >= 0.6 is 0 Å². The Morgan fingerprint density at radius 2 is 2.00 bits per heavy atom. The van der Waals surface area contributed by atoms with E-state index in [0.29, 0.717) is 12.0 Å². The molecule has 0 spiro atoms. The molecule has 0 fully saturated rings. The third kappa shape index (κ3) is 3.81. The molecule has 0 amide bonds. The summed E-state index contributed by atoms with van der Waals surface area (Å²) in [6, 6.07) is 9.26. The Bertz CT molecular complexity index is 440. The van der Waals surface area contributed by atoms with Crippen molar-refractivity contribution < 1.29 is 13.7 Å². The highest BCUT2D eigenvalue weighted by atomic mass is 32.2. The number of carbonyl (C=O) groups is 1. The number of rotatable bonds is 6. The largest absolute Gasteiger partial charge is 0.466 e. The third-order valence-electron chi connectivity index (χ3n) is 2.68. The van der Waals surface area contributed by atoms with E-state index in [-0.39, 0.29) is 5.25 Å². The van der Waals surface area contributed by atoms with E-state index < -0.39 is 16.8 Å². The first-order valence-corrected chi connectivity index (χ1v) is 7.03. The Morgan fingerprint density at radius 1 is 1.39 bits per heavy atom. The minimum absolute atomic E-state index is 0.112. The molecule has 1 unspecified atom stereocenters. The summed E-state index contributed by atoms with van der Waals surface area (Å²) >= 11 is 0. The number of hydrogen-bond donors (Lipinski definition) is 0. The molecule has 0 aliphatic heterocycles. The molecule has 0 aromatic heterocycles. The normalized spacial score (nSPS) is 13.7. The lowest BCUT2D eigenvalue weighted by Crippen LogP contribution is -2.18. The molecule has 98 valence electrons. The fraction of sp³-hybridized carbons (Fsp3) is 0.357. The zero-order valence-corrected chi connectivity index (χ0v) is 11.5. The van der Waals surface area contributed by atoms with Crippen LogP contribution in [-0.2, 0) is 20.3 Å². The van der Waals surface area contributed by atoms with E-state index in [9.17, 15) is 9.00 Å². The molecular weight excluding hydrogens is 248 g/mol. The van der Waals surface area contributed by atoms with E-state index in [1.165, 1.54) is 7.11 Å². The molecule has 1 aromatic rings. The first-order chi connectivity index (χ1) is 8.60. The molecule has 0 bridgehead atoms. The Labute approximate surface area is 110 Å². The first-order valence-electron chi connectivity index (χ1n) is 5.81. The summed E-state index contributed by atoms with van der Waals surface area (Å²) in [5.74, 6) is -0.432. The van der Waals surface area contributed by atoms with E-state index in [0.717, 1.165) is 11.3 Å². The van der Waals surface area contributed by atoms with Gasteiger partial charge in [-0.2, -0.15) is 0 Å². The molecule has 1 aromatic carbocycles. The lowest BCUT2D eigenvalue weighted by molar-refractivity contribution is -0.136. The van der Waals surface area contributed by atoms with Gasteiger partial charge in [-0.25, -0.2) is 4.79 Å². The van der Waals surface area contributed by atoms with Crippen molar-refractivity contribution in [3.8, 4) is 0 Å². The second kappa shape index (κ2) is 7.11. The van der Waals surface area contributed by atoms with Crippen molar-refractivity contribution in [1.82, 2.24) is 0 Å². The number of methoxy groups -OCH3 is 1. The molecule has 0 aliphatic rings. The van der Waals surface area contributed by atoms with Crippen molar-refractivity contribution in [2.24, 2.45) is 0 Å². The van der Waals surface area contributed by atoms with Crippen LogP contribution in [0, 0.1) is 0 Å². The maximum Gasteiger partial charge on any atom is 0.333 e. The fourth-order valence-corrected chi connectivity index (χ4v) is 3.09. The minimum Gasteiger partial charge on any atom is -0.466 e. The summed E-state index contributed by atoms with van der Waals surface area (Å²) in [6.45, 7) is 5.63. The van der Waals surface area contributed by atoms with Crippen LogP contribution in [0.2, 0.25) is 0 Å². The number of carbonyl (C=O) groups excluding carboxylic acids is 1. The van der Waals surface area contributed by atoms with Crippen LogP contribution < -0.4 is 0 Å². The molecule has 3 nitrogen and oxygen atoms in total. The standard InChI is InChI=1S/C14H18O3S/c1-4-12(10-11(2)14(15)17-3)18(16)13-8-6-5-7-9-13/h5-9,12H,2,4,10H2,1,3H3/t12-,18?/m0/s1. The van der Waals surface area contributed by atoms with E-state index in [1.54, 1.807) is 0 Å². The summed E-state index contributed by atoms with van der Waals surface area (Å²) in [5, 5.41) is -0.112. The molecule has 4 heteroatoms. The number of ether oxygens (including phenoxy) is 1. The van der Waals surface area contributed by atoms with Crippen LogP contribution in [0.5, 0.6) is 0 Å². The van der Waals surface area contributed by atoms with Crippen molar-refractivity contribution in [3.63, 3.8) is 0 Å². The van der Waals surface area contributed by atoms with E-state index in [1.807, 2.05) is 37.3 Å². The summed E-state index contributed by atoms with van der Waals surface area (Å²) in [4.78, 5) is 12.1. The minimum atomic E-state index is -1.13. The van der Waals surface area contributed by atoms with Gasteiger partial charge in [0, 0.05) is 15.7 Å². The average molecular weight is 266 g/mol. The molecule has 1 rings (SSSR count). The van der Waals surface area contributed by atoms with Gasteiger partial charge < -0.3 is 4.74 Å². The molecule has 2 atom stereocenters. The van der Waals surface area contributed by atoms with E-state index >= 15 is 0 Å². The van der Waals surface area contributed by atoms with Crippen LogP contribution in [0.15, 0.2) is 47.4 Å². The van der Waals surface area contributed by atoms with Crippen molar-refractivity contribution in [2.45, 2.75) is 29.9 Å². The number of esters is 1. The summed E-state index contributed by atoms with van der Waals surface area (Å²) in [6.07, 6.45) is 1.11. The summed E-state index contributed by atoms with van der Waals surface area (Å²) in [5.41, 5.74) is 0.369. The Morgan fingerprint density at radius 3 is 2.50 bits per heavy atom. The maximum atomic E-state index is 12.3.